The normalized spacial score (nSPS) is 14.1. The maximum Gasteiger partial charge on any atom is 0.245 e. The highest BCUT2D eigenvalue weighted by Gasteiger charge is 2.23. The average molecular weight is 216 g/mol. The summed E-state index contributed by atoms with van der Waals surface area (Å²) in [5.74, 6) is -0.204. The molecule has 2 N–H and O–H groups in total. The topological polar surface area (TPSA) is 67.4 Å². The maximum atomic E-state index is 11.6. The second-order valence-corrected chi connectivity index (χ2v) is 3.35. The Labute approximate surface area is 90.6 Å². The SMILES string of the molecule is CCCCNC(=O)C(NC=O)[C@@H](C)OC. The Morgan fingerprint density at radius 3 is 2.67 bits per heavy atom. The third-order valence-electron chi connectivity index (χ3n) is 2.20. The second kappa shape index (κ2) is 8.23. The van der Waals surface area contributed by atoms with Gasteiger partial charge in [-0.1, -0.05) is 13.3 Å². The van der Waals surface area contributed by atoms with Crippen LogP contribution in [0.25, 0.3) is 0 Å². The summed E-state index contributed by atoms with van der Waals surface area (Å²) in [7, 11) is 1.50. The maximum absolute atomic E-state index is 11.6. The number of amides is 2. The minimum Gasteiger partial charge on any atom is -0.379 e. The molecule has 0 aromatic rings. The molecule has 0 aromatic carbocycles. The molecule has 0 fully saturated rings. The van der Waals surface area contributed by atoms with Gasteiger partial charge in [0, 0.05) is 13.7 Å². The molecule has 0 spiro atoms. The predicted molar refractivity (Wildman–Crippen MR) is 57.4 cm³/mol. The molecule has 0 aliphatic carbocycles. The van der Waals surface area contributed by atoms with Gasteiger partial charge >= 0.3 is 0 Å². The van der Waals surface area contributed by atoms with Crippen LogP contribution in [0, 0.1) is 0 Å². The van der Waals surface area contributed by atoms with E-state index in [-0.39, 0.29) is 12.0 Å². The van der Waals surface area contributed by atoms with E-state index in [1.54, 1.807) is 6.92 Å². The number of hydrogen-bond donors (Lipinski definition) is 2. The highest BCUT2D eigenvalue weighted by molar-refractivity contribution is 5.84. The molecule has 15 heavy (non-hydrogen) atoms. The Morgan fingerprint density at radius 1 is 1.53 bits per heavy atom. The number of nitrogens with one attached hydrogen (secondary N) is 2. The lowest BCUT2D eigenvalue weighted by molar-refractivity contribution is -0.128. The zero-order valence-electron chi connectivity index (χ0n) is 9.58. The van der Waals surface area contributed by atoms with Gasteiger partial charge in [-0.25, -0.2) is 0 Å². The molecular formula is C10H20N2O3. The van der Waals surface area contributed by atoms with Crippen LogP contribution < -0.4 is 10.6 Å². The van der Waals surface area contributed by atoms with Crippen molar-refractivity contribution in [2.24, 2.45) is 0 Å². The van der Waals surface area contributed by atoms with E-state index in [1.165, 1.54) is 7.11 Å². The first-order valence-corrected chi connectivity index (χ1v) is 5.17. The van der Waals surface area contributed by atoms with E-state index < -0.39 is 6.04 Å². The van der Waals surface area contributed by atoms with Gasteiger partial charge in [-0.3, -0.25) is 9.59 Å². The molecule has 0 heterocycles. The van der Waals surface area contributed by atoms with Crippen molar-refractivity contribution in [3.63, 3.8) is 0 Å². The number of ether oxygens (including phenoxy) is 1. The summed E-state index contributed by atoms with van der Waals surface area (Å²) < 4.78 is 5.01. The van der Waals surface area contributed by atoms with Crippen molar-refractivity contribution in [1.29, 1.82) is 0 Å². The molecule has 0 aromatic heterocycles. The molecule has 0 saturated carbocycles. The Bertz CT molecular complexity index is 197. The fraction of sp³-hybridized carbons (Fsp3) is 0.800. The lowest BCUT2D eigenvalue weighted by Gasteiger charge is -2.21. The largest absolute Gasteiger partial charge is 0.379 e. The number of unbranched alkanes of at least 4 members (excludes halogenated alkanes) is 1. The van der Waals surface area contributed by atoms with Crippen molar-refractivity contribution in [2.45, 2.75) is 38.8 Å². The summed E-state index contributed by atoms with van der Waals surface area (Å²) in [6, 6.07) is -0.621. The van der Waals surface area contributed by atoms with Crippen LogP contribution in [-0.2, 0) is 14.3 Å². The average Bonchev–Trinajstić information content (AvgIpc) is 2.25. The molecular weight excluding hydrogens is 196 g/mol. The minimum absolute atomic E-state index is 0.204. The number of carbonyl (C=O) groups excluding carboxylic acids is 2. The fourth-order valence-corrected chi connectivity index (χ4v) is 1.13. The number of hydrogen-bond acceptors (Lipinski definition) is 3. The van der Waals surface area contributed by atoms with Gasteiger partial charge in [0.15, 0.2) is 0 Å². The van der Waals surface area contributed by atoms with E-state index in [9.17, 15) is 9.59 Å². The van der Waals surface area contributed by atoms with Crippen LogP contribution in [0.4, 0.5) is 0 Å². The smallest absolute Gasteiger partial charge is 0.245 e. The monoisotopic (exact) mass is 216 g/mol. The number of methoxy groups -OCH3 is 1. The van der Waals surface area contributed by atoms with Crippen LogP contribution in [0.3, 0.4) is 0 Å². The zero-order chi connectivity index (χ0) is 11.7. The van der Waals surface area contributed by atoms with Crippen molar-refractivity contribution < 1.29 is 14.3 Å². The van der Waals surface area contributed by atoms with E-state index >= 15 is 0 Å². The van der Waals surface area contributed by atoms with Crippen LogP contribution in [-0.4, -0.2) is 38.1 Å². The molecule has 0 rings (SSSR count). The van der Waals surface area contributed by atoms with Gasteiger partial charge in [-0.15, -0.1) is 0 Å². The summed E-state index contributed by atoms with van der Waals surface area (Å²) in [6.45, 7) is 4.41. The molecule has 1 unspecified atom stereocenters. The quantitative estimate of drug-likeness (QED) is 0.445. The van der Waals surface area contributed by atoms with E-state index in [1.807, 2.05) is 6.92 Å². The molecule has 88 valence electrons. The molecule has 2 amide bonds. The molecule has 0 aliphatic heterocycles. The van der Waals surface area contributed by atoms with Gasteiger partial charge in [0.05, 0.1) is 6.10 Å². The van der Waals surface area contributed by atoms with E-state index in [4.69, 9.17) is 4.74 Å². The Balaban J connectivity index is 4.09. The molecule has 2 atom stereocenters. The van der Waals surface area contributed by atoms with Crippen molar-refractivity contribution >= 4 is 12.3 Å². The molecule has 0 radical (unpaired) electrons. The van der Waals surface area contributed by atoms with Crippen molar-refractivity contribution in [1.82, 2.24) is 10.6 Å². The van der Waals surface area contributed by atoms with Gasteiger partial charge in [0.25, 0.3) is 0 Å². The molecule has 0 aliphatic rings. The van der Waals surface area contributed by atoms with Gasteiger partial charge in [0.2, 0.25) is 12.3 Å². The Morgan fingerprint density at radius 2 is 2.20 bits per heavy atom. The number of carbonyl (C=O) groups is 2. The first-order chi connectivity index (χ1) is 7.17. The summed E-state index contributed by atoms with van der Waals surface area (Å²) in [6.07, 6.45) is 2.13. The van der Waals surface area contributed by atoms with Gasteiger partial charge in [-0.05, 0) is 13.3 Å². The standard InChI is InChI=1S/C10H20N2O3/c1-4-5-6-11-10(14)9(12-7-13)8(2)15-3/h7-9H,4-6H2,1-3H3,(H,11,14)(H,12,13)/t8-,9?/m1/s1. The van der Waals surface area contributed by atoms with Crippen LogP contribution in [0.5, 0.6) is 0 Å². The van der Waals surface area contributed by atoms with E-state index in [0.717, 1.165) is 12.8 Å². The summed E-state index contributed by atoms with van der Waals surface area (Å²) in [4.78, 5) is 21.9. The number of rotatable bonds is 8. The van der Waals surface area contributed by atoms with E-state index in [2.05, 4.69) is 10.6 Å². The summed E-state index contributed by atoms with van der Waals surface area (Å²) >= 11 is 0. The highest BCUT2D eigenvalue weighted by Crippen LogP contribution is 1.97. The Hall–Kier alpha value is -1.10. The lowest BCUT2D eigenvalue weighted by atomic mass is 10.1. The first kappa shape index (κ1) is 13.9. The predicted octanol–water partition coefficient (Wildman–Crippen LogP) is 0.0522. The van der Waals surface area contributed by atoms with Crippen LogP contribution in [0.2, 0.25) is 0 Å². The summed E-state index contributed by atoms with van der Waals surface area (Å²) in [5.41, 5.74) is 0. The van der Waals surface area contributed by atoms with Gasteiger partial charge in [0.1, 0.15) is 6.04 Å². The van der Waals surface area contributed by atoms with Crippen LogP contribution >= 0.6 is 0 Å². The minimum atomic E-state index is -0.621. The highest BCUT2D eigenvalue weighted by atomic mass is 16.5. The molecule has 0 saturated heterocycles. The van der Waals surface area contributed by atoms with Crippen molar-refractivity contribution in [3.8, 4) is 0 Å². The van der Waals surface area contributed by atoms with Crippen LogP contribution in [0.1, 0.15) is 26.7 Å². The lowest BCUT2D eigenvalue weighted by Crippen LogP contribution is -2.50. The Kier molecular flexibility index (Phi) is 7.62. The first-order valence-electron chi connectivity index (χ1n) is 5.17. The van der Waals surface area contributed by atoms with E-state index in [0.29, 0.717) is 13.0 Å². The molecule has 5 nitrogen and oxygen atoms in total. The van der Waals surface area contributed by atoms with Gasteiger partial charge in [-0.2, -0.15) is 0 Å². The second-order valence-electron chi connectivity index (χ2n) is 3.35. The van der Waals surface area contributed by atoms with Crippen molar-refractivity contribution in [2.75, 3.05) is 13.7 Å². The summed E-state index contributed by atoms with van der Waals surface area (Å²) in [5, 5.41) is 5.19. The fourth-order valence-electron chi connectivity index (χ4n) is 1.13. The molecule has 5 heteroatoms. The van der Waals surface area contributed by atoms with Gasteiger partial charge < -0.3 is 15.4 Å². The third-order valence-corrected chi connectivity index (χ3v) is 2.20. The zero-order valence-corrected chi connectivity index (χ0v) is 9.58. The third kappa shape index (κ3) is 5.37. The molecule has 0 bridgehead atoms. The van der Waals surface area contributed by atoms with Crippen molar-refractivity contribution in [3.05, 3.63) is 0 Å². The van der Waals surface area contributed by atoms with Crippen LogP contribution in [0.15, 0.2) is 0 Å².